The maximum absolute atomic E-state index is 4.94. The summed E-state index contributed by atoms with van der Waals surface area (Å²) >= 11 is 1.83. The molecule has 0 radical (unpaired) electrons. The highest BCUT2D eigenvalue weighted by Crippen LogP contribution is 2.25. The molecule has 0 amide bonds. The predicted molar refractivity (Wildman–Crippen MR) is 85.6 cm³/mol. The summed E-state index contributed by atoms with van der Waals surface area (Å²) in [5, 5.41) is 5.08. The van der Waals surface area contributed by atoms with Crippen molar-refractivity contribution in [3.63, 3.8) is 0 Å². The molecule has 3 aromatic rings. The van der Waals surface area contributed by atoms with Gasteiger partial charge in [0.2, 0.25) is 0 Å². The normalized spacial score (nSPS) is 11.3. The third kappa shape index (κ3) is 3.29. The standard InChI is InChI=1S/C16H19N3OS/c1-2-3-6-11-21-16-17-14-7-4-5-8-15(14)19(16)12-13-9-10-20-18-13/h4-5,7-10H,2-3,6,11-12H2,1H3. The van der Waals surface area contributed by atoms with Crippen LogP contribution in [0.2, 0.25) is 0 Å². The molecule has 5 heteroatoms. The van der Waals surface area contributed by atoms with Crippen LogP contribution < -0.4 is 0 Å². The molecule has 0 saturated carbocycles. The smallest absolute Gasteiger partial charge is 0.169 e. The molecule has 1 aromatic carbocycles. The van der Waals surface area contributed by atoms with Gasteiger partial charge in [-0.05, 0) is 18.6 Å². The van der Waals surface area contributed by atoms with Crippen LogP contribution in [0.25, 0.3) is 11.0 Å². The van der Waals surface area contributed by atoms with Crippen molar-refractivity contribution in [3.8, 4) is 0 Å². The zero-order valence-electron chi connectivity index (χ0n) is 12.2. The van der Waals surface area contributed by atoms with E-state index < -0.39 is 0 Å². The third-order valence-corrected chi connectivity index (χ3v) is 4.47. The Bertz CT molecular complexity index is 691. The Hall–Kier alpha value is -1.75. The van der Waals surface area contributed by atoms with Gasteiger partial charge >= 0.3 is 0 Å². The minimum atomic E-state index is 0.702. The number of rotatable bonds is 7. The second-order valence-electron chi connectivity index (χ2n) is 5.02. The Morgan fingerprint density at radius 1 is 1.19 bits per heavy atom. The third-order valence-electron chi connectivity index (χ3n) is 3.41. The fourth-order valence-electron chi connectivity index (χ4n) is 2.31. The van der Waals surface area contributed by atoms with Crippen LogP contribution in [0, 0.1) is 0 Å². The first-order valence-corrected chi connectivity index (χ1v) is 8.34. The summed E-state index contributed by atoms with van der Waals surface area (Å²) < 4.78 is 7.16. The van der Waals surface area contributed by atoms with E-state index >= 15 is 0 Å². The Morgan fingerprint density at radius 3 is 2.90 bits per heavy atom. The first-order chi connectivity index (χ1) is 10.4. The summed E-state index contributed by atoms with van der Waals surface area (Å²) in [4.78, 5) is 4.76. The number of hydrogen-bond acceptors (Lipinski definition) is 4. The molecule has 0 saturated heterocycles. The molecule has 0 aliphatic heterocycles. The summed E-state index contributed by atoms with van der Waals surface area (Å²) in [6.07, 6.45) is 5.36. The number of unbranched alkanes of at least 4 members (excludes halogenated alkanes) is 2. The van der Waals surface area contributed by atoms with Gasteiger partial charge in [0.1, 0.15) is 12.0 Å². The minimum absolute atomic E-state index is 0.702. The van der Waals surface area contributed by atoms with E-state index in [1.807, 2.05) is 23.9 Å². The van der Waals surface area contributed by atoms with Crippen molar-refractivity contribution >= 4 is 22.8 Å². The lowest BCUT2D eigenvalue weighted by molar-refractivity contribution is 0.409. The van der Waals surface area contributed by atoms with E-state index in [-0.39, 0.29) is 0 Å². The zero-order valence-corrected chi connectivity index (χ0v) is 13.0. The Morgan fingerprint density at radius 2 is 2.10 bits per heavy atom. The lowest BCUT2D eigenvalue weighted by Crippen LogP contribution is -2.02. The van der Waals surface area contributed by atoms with Crippen LogP contribution in [-0.4, -0.2) is 20.5 Å². The molecule has 0 bridgehead atoms. The number of hydrogen-bond donors (Lipinski definition) is 0. The lowest BCUT2D eigenvalue weighted by Gasteiger charge is -2.06. The monoisotopic (exact) mass is 301 g/mol. The van der Waals surface area contributed by atoms with Gasteiger partial charge in [0.05, 0.1) is 17.6 Å². The van der Waals surface area contributed by atoms with Crippen molar-refractivity contribution in [2.75, 3.05) is 5.75 Å². The highest BCUT2D eigenvalue weighted by molar-refractivity contribution is 7.99. The van der Waals surface area contributed by atoms with E-state index in [1.54, 1.807) is 6.26 Å². The molecule has 0 aliphatic carbocycles. The summed E-state index contributed by atoms with van der Waals surface area (Å²) in [6, 6.07) is 10.2. The summed E-state index contributed by atoms with van der Waals surface area (Å²) in [6.45, 7) is 2.93. The van der Waals surface area contributed by atoms with Gasteiger partial charge in [-0.1, -0.05) is 48.8 Å². The van der Waals surface area contributed by atoms with E-state index in [9.17, 15) is 0 Å². The van der Waals surface area contributed by atoms with Gasteiger partial charge < -0.3 is 9.09 Å². The van der Waals surface area contributed by atoms with Crippen molar-refractivity contribution in [3.05, 3.63) is 42.3 Å². The predicted octanol–water partition coefficient (Wildman–Crippen LogP) is 4.35. The molecule has 2 heterocycles. The topological polar surface area (TPSA) is 43.9 Å². The van der Waals surface area contributed by atoms with Gasteiger partial charge in [-0.15, -0.1) is 0 Å². The van der Waals surface area contributed by atoms with E-state index in [0.29, 0.717) is 6.54 Å². The average molecular weight is 301 g/mol. The number of fused-ring (bicyclic) bond motifs is 1. The molecule has 0 aliphatic rings. The second-order valence-corrected chi connectivity index (χ2v) is 6.08. The molecule has 0 atom stereocenters. The molecule has 4 nitrogen and oxygen atoms in total. The van der Waals surface area contributed by atoms with Crippen molar-refractivity contribution in [2.45, 2.75) is 37.9 Å². The molecule has 0 unspecified atom stereocenters. The summed E-state index contributed by atoms with van der Waals surface area (Å²) in [7, 11) is 0. The Labute approximate surface area is 128 Å². The fourth-order valence-corrected chi connectivity index (χ4v) is 3.33. The highest BCUT2D eigenvalue weighted by atomic mass is 32.2. The van der Waals surface area contributed by atoms with E-state index in [0.717, 1.165) is 27.6 Å². The van der Waals surface area contributed by atoms with Crippen LogP contribution in [-0.2, 0) is 6.54 Å². The van der Waals surface area contributed by atoms with Gasteiger partial charge in [0, 0.05) is 11.8 Å². The molecule has 3 rings (SSSR count). The van der Waals surface area contributed by atoms with Gasteiger partial charge in [-0.3, -0.25) is 0 Å². The van der Waals surface area contributed by atoms with Crippen LogP contribution in [0.4, 0.5) is 0 Å². The number of benzene rings is 1. The molecule has 21 heavy (non-hydrogen) atoms. The molecule has 0 spiro atoms. The minimum Gasteiger partial charge on any atom is -0.364 e. The second kappa shape index (κ2) is 6.80. The number of imidazole rings is 1. The van der Waals surface area contributed by atoms with Crippen LogP contribution in [0.3, 0.4) is 0 Å². The van der Waals surface area contributed by atoms with Crippen molar-refractivity contribution in [1.29, 1.82) is 0 Å². The lowest BCUT2D eigenvalue weighted by atomic mass is 10.3. The first-order valence-electron chi connectivity index (χ1n) is 7.36. The van der Waals surface area contributed by atoms with Crippen LogP contribution in [0.15, 0.2) is 46.3 Å². The van der Waals surface area contributed by atoms with Crippen molar-refractivity contribution in [1.82, 2.24) is 14.7 Å². The van der Waals surface area contributed by atoms with Crippen molar-refractivity contribution in [2.24, 2.45) is 0 Å². The van der Waals surface area contributed by atoms with E-state index in [2.05, 4.69) is 34.8 Å². The zero-order chi connectivity index (χ0) is 14.5. The number of thioether (sulfide) groups is 1. The van der Waals surface area contributed by atoms with Crippen molar-refractivity contribution < 1.29 is 4.52 Å². The van der Waals surface area contributed by atoms with Crippen LogP contribution in [0.1, 0.15) is 31.9 Å². The Balaban J connectivity index is 1.86. The van der Waals surface area contributed by atoms with E-state index in [4.69, 9.17) is 9.51 Å². The first kappa shape index (κ1) is 14.2. The molecular formula is C16H19N3OS. The van der Waals surface area contributed by atoms with E-state index in [1.165, 1.54) is 19.3 Å². The number of nitrogens with zero attached hydrogens (tertiary/aromatic N) is 3. The molecule has 0 N–H and O–H groups in total. The van der Waals surface area contributed by atoms with Gasteiger partial charge in [-0.2, -0.15) is 0 Å². The van der Waals surface area contributed by atoms with Gasteiger partial charge in [0.15, 0.2) is 5.16 Å². The van der Waals surface area contributed by atoms with Gasteiger partial charge in [-0.25, -0.2) is 4.98 Å². The van der Waals surface area contributed by atoms with Crippen LogP contribution in [0.5, 0.6) is 0 Å². The highest BCUT2D eigenvalue weighted by Gasteiger charge is 2.12. The number of aromatic nitrogens is 3. The summed E-state index contributed by atoms with van der Waals surface area (Å²) in [5.41, 5.74) is 3.12. The SMILES string of the molecule is CCCCCSc1nc2ccccc2n1Cc1ccon1. The maximum atomic E-state index is 4.94. The van der Waals surface area contributed by atoms with Gasteiger partial charge in [0.25, 0.3) is 0 Å². The number of para-hydroxylation sites is 2. The quantitative estimate of drug-likeness (QED) is 0.480. The molecular weight excluding hydrogens is 282 g/mol. The van der Waals surface area contributed by atoms with Crippen LogP contribution >= 0.6 is 11.8 Å². The average Bonchev–Trinajstić information content (AvgIpc) is 3.13. The maximum Gasteiger partial charge on any atom is 0.169 e. The summed E-state index contributed by atoms with van der Waals surface area (Å²) in [5.74, 6) is 1.11. The largest absolute Gasteiger partial charge is 0.364 e. The molecule has 2 aromatic heterocycles. The Kier molecular flexibility index (Phi) is 4.60. The fraction of sp³-hybridized carbons (Fsp3) is 0.375. The molecule has 110 valence electrons. The molecule has 0 fully saturated rings.